The molecule has 0 aliphatic carbocycles. The van der Waals surface area contributed by atoms with Crippen molar-refractivity contribution in [1.82, 2.24) is 10.6 Å². The average Bonchev–Trinajstić information content (AvgIpc) is 2.60. The summed E-state index contributed by atoms with van der Waals surface area (Å²) in [5, 5.41) is 5.47. The van der Waals surface area contributed by atoms with Crippen LogP contribution in [0.25, 0.3) is 0 Å². The van der Waals surface area contributed by atoms with E-state index < -0.39 is 0 Å². The first-order chi connectivity index (χ1) is 11.7. The first kappa shape index (κ1) is 18.1. The molecule has 0 aliphatic heterocycles. The highest BCUT2D eigenvalue weighted by molar-refractivity contribution is 7.99. The van der Waals surface area contributed by atoms with Crippen molar-refractivity contribution in [2.45, 2.75) is 18.2 Å². The van der Waals surface area contributed by atoms with Gasteiger partial charge in [-0.15, -0.1) is 11.8 Å². The van der Waals surface area contributed by atoms with E-state index in [1.54, 1.807) is 17.8 Å². The number of carbonyl (C=O) groups is 2. The van der Waals surface area contributed by atoms with Crippen molar-refractivity contribution in [2.75, 3.05) is 18.8 Å². The highest BCUT2D eigenvalue weighted by atomic mass is 32.2. The summed E-state index contributed by atoms with van der Waals surface area (Å²) in [7, 11) is 0. The molecule has 0 unspecified atom stereocenters. The molecule has 2 rings (SSSR count). The molecule has 2 amide bonds. The van der Waals surface area contributed by atoms with Gasteiger partial charge in [-0.2, -0.15) is 0 Å². The number of amides is 2. The molecule has 0 spiro atoms. The molecule has 0 heterocycles. The number of carbonyl (C=O) groups excluding carboxylic acids is 2. The van der Waals surface area contributed by atoms with Crippen LogP contribution in [0, 0.1) is 6.92 Å². The lowest BCUT2D eigenvalue weighted by Gasteiger charge is -2.08. The predicted octanol–water partition coefficient (Wildman–Crippen LogP) is 3.02. The van der Waals surface area contributed by atoms with E-state index in [4.69, 9.17) is 0 Å². The molecule has 0 fully saturated rings. The SMILES string of the molecule is Cc1ccccc1C(=O)NCC(=O)NCCCSc1ccccc1. The Morgan fingerprint density at radius 1 is 0.958 bits per heavy atom. The highest BCUT2D eigenvalue weighted by Crippen LogP contribution is 2.17. The topological polar surface area (TPSA) is 58.2 Å². The van der Waals surface area contributed by atoms with E-state index in [9.17, 15) is 9.59 Å². The van der Waals surface area contributed by atoms with E-state index in [2.05, 4.69) is 22.8 Å². The van der Waals surface area contributed by atoms with Gasteiger partial charge in [-0.05, 0) is 42.9 Å². The predicted molar refractivity (Wildman–Crippen MR) is 98.3 cm³/mol. The van der Waals surface area contributed by atoms with Gasteiger partial charge in [0, 0.05) is 17.0 Å². The summed E-state index contributed by atoms with van der Waals surface area (Å²) >= 11 is 1.77. The molecule has 0 aliphatic rings. The van der Waals surface area contributed by atoms with Crippen molar-refractivity contribution in [1.29, 1.82) is 0 Å². The fraction of sp³-hybridized carbons (Fsp3) is 0.263. The molecule has 0 aromatic heterocycles. The quantitative estimate of drug-likeness (QED) is 0.573. The average molecular weight is 342 g/mol. The van der Waals surface area contributed by atoms with Crippen LogP contribution in [-0.4, -0.2) is 30.7 Å². The van der Waals surface area contributed by atoms with Gasteiger partial charge in [0.1, 0.15) is 0 Å². The molecule has 0 saturated carbocycles. The Balaban J connectivity index is 1.60. The largest absolute Gasteiger partial charge is 0.355 e. The molecule has 2 aromatic rings. The highest BCUT2D eigenvalue weighted by Gasteiger charge is 2.09. The summed E-state index contributed by atoms with van der Waals surface area (Å²) in [5.41, 5.74) is 1.50. The van der Waals surface area contributed by atoms with Crippen molar-refractivity contribution in [2.24, 2.45) is 0 Å². The summed E-state index contributed by atoms with van der Waals surface area (Å²) in [4.78, 5) is 25.0. The zero-order chi connectivity index (χ0) is 17.2. The third-order valence-electron chi connectivity index (χ3n) is 3.45. The number of hydrogen-bond donors (Lipinski definition) is 2. The van der Waals surface area contributed by atoms with Crippen LogP contribution < -0.4 is 10.6 Å². The number of aryl methyl sites for hydroxylation is 1. The smallest absolute Gasteiger partial charge is 0.251 e. The molecule has 0 saturated heterocycles. The maximum Gasteiger partial charge on any atom is 0.251 e. The van der Waals surface area contributed by atoms with Gasteiger partial charge in [0.05, 0.1) is 6.54 Å². The van der Waals surface area contributed by atoms with E-state index >= 15 is 0 Å². The zero-order valence-corrected chi connectivity index (χ0v) is 14.6. The van der Waals surface area contributed by atoms with E-state index in [-0.39, 0.29) is 18.4 Å². The minimum absolute atomic E-state index is 0.000996. The van der Waals surface area contributed by atoms with Crippen LogP contribution in [0.1, 0.15) is 22.3 Å². The van der Waals surface area contributed by atoms with Gasteiger partial charge >= 0.3 is 0 Å². The van der Waals surface area contributed by atoms with Crippen LogP contribution in [0.4, 0.5) is 0 Å². The van der Waals surface area contributed by atoms with Crippen LogP contribution in [0.3, 0.4) is 0 Å². The molecule has 0 atom stereocenters. The number of hydrogen-bond acceptors (Lipinski definition) is 3. The van der Waals surface area contributed by atoms with Crippen LogP contribution in [0.5, 0.6) is 0 Å². The molecular weight excluding hydrogens is 320 g/mol. The fourth-order valence-electron chi connectivity index (χ4n) is 2.15. The normalized spacial score (nSPS) is 10.2. The van der Waals surface area contributed by atoms with Gasteiger partial charge in [0.25, 0.3) is 5.91 Å². The third kappa shape index (κ3) is 6.08. The monoisotopic (exact) mass is 342 g/mol. The van der Waals surface area contributed by atoms with E-state index in [0.29, 0.717) is 12.1 Å². The molecule has 0 bridgehead atoms. The van der Waals surface area contributed by atoms with Crippen molar-refractivity contribution in [3.05, 3.63) is 65.7 Å². The van der Waals surface area contributed by atoms with Crippen LogP contribution in [0.15, 0.2) is 59.5 Å². The maximum atomic E-state index is 12.0. The summed E-state index contributed by atoms with van der Waals surface area (Å²) in [6, 6.07) is 17.5. The first-order valence-electron chi connectivity index (χ1n) is 7.95. The van der Waals surface area contributed by atoms with E-state index in [1.165, 1.54) is 4.90 Å². The van der Waals surface area contributed by atoms with Gasteiger partial charge in [-0.1, -0.05) is 36.4 Å². The van der Waals surface area contributed by atoms with Gasteiger partial charge in [0.2, 0.25) is 5.91 Å². The van der Waals surface area contributed by atoms with Gasteiger partial charge < -0.3 is 10.6 Å². The zero-order valence-electron chi connectivity index (χ0n) is 13.7. The standard InChI is InChI=1S/C19H22N2O2S/c1-15-8-5-6-11-17(15)19(23)21-14-18(22)20-12-7-13-24-16-9-3-2-4-10-16/h2-6,8-11H,7,12-14H2,1H3,(H,20,22)(H,21,23). The van der Waals surface area contributed by atoms with Gasteiger partial charge in [-0.3, -0.25) is 9.59 Å². The number of nitrogens with one attached hydrogen (secondary N) is 2. The number of benzene rings is 2. The van der Waals surface area contributed by atoms with Crippen LogP contribution >= 0.6 is 11.8 Å². The van der Waals surface area contributed by atoms with Gasteiger partial charge in [-0.25, -0.2) is 0 Å². The number of thioether (sulfide) groups is 1. The minimum Gasteiger partial charge on any atom is -0.355 e. The molecule has 126 valence electrons. The lowest BCUT2D eigenvalue weighted by molar-refractivity contribution is -0.120. The molecule has 5 heteroatoms. The number of rotatable bonds is 8. The molecule has 2 aromatic carbocycles. The maximum absolute atomic E-state index is 12.0. The summed E-state index contributed by atoms with van der Waals surface area (Å²) in [6.07, 6.45) is 0.886. The second-order valence-electron chi connectivity index (χ2n) is 5.36. The molecule has 2 N–H and O–H groups in total. The van der Waals surface area contributed by atoms with Gasteiger partial charge in [0.15, 0.2) is 0 Å². The van der Waals surface area contributed by atoms with E-state index in [0.717, 1.165) is 17.7 Å². The van der Waals surface area contributed by atoms with Crippen LogP contribution in [0.2, 0.25) is 0 Å². The Hall–Kier alpha value is -2.27. The molecule has 0 radical (unpaired) electrons. The second-order valence-corrected chi connectivity index (χ2v) is 6.53. The molecule has 24 heavy (non-hydrogen) atoms. The fourth-order valence-corrected chi connectivity index (χ4v) is 3.03. The molecular formula is C19H22N2O2S. The summed E-state index contributed by atoms with van der Waals surface area (Å²) < 4.78 is 0. The van der Waals surface area contributed by atoms with Crippen molar-refractivity contribution < 1.29 is 9.59 Å². The lowest BCUT2D eigenvalue weighted by atomic mass is 10.1. The van der Waals surface area contributed by atoms with Crippen molar-refractivity contribution in [3.63, 3.8) is 0 Å². The molecule has 4 nitrogen and oxygen atoms in total. The summed E-state index contributed by atoms with van der Waals surface area (Å²) in [6.45, 7) is 2.48. The first-order valence-corrected chi connectivity index (χ1v) is 8.94. The van der Waals surface area contributed by atoms with Crippen molar-refractivity contribution >= 4 is 23.6 Å². The lowest BCUT2D eigenvalue weighted by Crippen LogP contribution is -2.37. The minimum atomic E-state index is -0.220. The Morgan fingerprint density at radius 3 is 2.42 bits per heavy atom. The Morgan fingerprint density at radius 2 is 1.67 bits per heavy atom. The second kappa shape index (κ2) is 9.78. The van der Waals surface area contributed by atoms with Crippen molar-refractivity contribution in [3.8, 4) is 0 Å². The Labute approximate surface area is 147 Å². The Bertz CT molecular complexity index is 674. The van der Waals surface area contributed by atoms with E-state index in [1.807, 2.05) is 43.3 Å². The third-order valence-corrected chi connectivity index (χ3v) is 4.55. The Kier molecular flexibility index (Phi) is 7.36. The summed E-state index contributed by atoms with van der Waals surface area (Å²) in [5.74, 6) is 0.560. The van der Waals surface area contributed by atoms with Crippen LogP contribution in [-0.2, 0) is 4.79 Å².